The van der Waals surface area contributed by atoms with Gasteiger partial charge in [0.2, 0.25) is 0 Å². The Hall–Kier alpha value is -1.67. The quantitative estimate of drug-likeness (QED) is 0.0687. The van der Waals surface area contributed by atoms with E-state index < -0.39 is 18.4 Å². The Morgan fingerprint density at radius 2 is 1.18 bits per heavy atom. The molecule has 1 heterocycles. The minimum atomic E-state index is -1.00. The second-order valence-electron chi connectivity index (χ2n) is 10.1. The lowest BCUT2D eigenvalue weighted by Crippen LogP contribution is -3.00. The second-order valence-corrected chi connectivity index (χ2v) is 10.1. The van der Waals surface area contributed by atoms with Crippen molar-refractivity contribution in [1.82, 2.24) is 0 Å². The molecule has 0 unspecified atom stereocenters. The van der Waals surface area contributed by atoms with Gasteiger partial charge in [0.1, 0.15) is 0 Å². The zero-order chi connectivity index (χ0) is 27.5. The normalized spacial score (nSPS) is 11.4. The molecule has 0 saturated heterocycles. The summed E-state index contributed by atoms with van der Waals surface area (Å²) < 4.78 is 22.9. The van der Waals surface area contributed by atoms with Gasteiger partial charge in [-0.3, -0.25) is 4.79 Å². The third-order valence-corrected chi connectivity index (χ3v) is 6.51. The van der Waals surface area contributed by atoms with Gasteiger partial charge >= 0.3 is 12.1 Å². The largest absolute Gasteiger partial charge is 1.00 e. The molecule has 0 saturated carbocycles. The van der Waals surface area contributed by atoms with Crippen LogP contribution in [0.5, 0.6) is 0 Å². The molecule has 1 atom stereocenters. The number of nitrogens with zero attached hydrogens (tertiary/aromatic N) is 1. The van der Waals surface area contributed by atoms with Crippen LogP contribution in [-0.2, 0) is 30.3 Å². The van der Waals surface area contributed by atoms with Crippen LogP contribution in [0.4, 0.5) is 4.79 Å². The van der Waals surface area contributed by atoms with Crippen molar-refractivity contribution in [3.05, 3.63) is 30.6 Å². The molecule has 0 bridgehead atoms. The van der Waals surface area contributed by atoms with Crippen LogP contribution in [-0.4, -0.2) is 38.2 Å². The number of hydrogen-bond acceptors (Lipinski definition) is 6. The fourth-order valence-corrected chi connectivity index (χ4v) is 4.32. The van der Waals surface area contributed by atoms with Crippen molar-refractivity contribution in [2.45, 2.75) is 136 Å². The molecule has 0 spiro atoms. The van der Waals surface area contributed by atoms with Crippen molar-refractivity contribution in [1.29, 1.82) is 0 Å². The molecule has 226 valence electrons. The number of carbonyl (C=O) groups excluding carboxylic acids is 2. The van der Waals surface area contributed by atoms with Crippen LogP contribution in [0.25, 0.3) is 0 Å². The smallest absolute Gasteiger partial charge is 0.511 e. The van der Waals surface area contributed by atoms with E-state index in [-0.39, 0.29) is 30.0 Å². The van der Waals surface area contributed by atoms with Crippen LogP contribution < -0.4 is 21.5 Å². The second kappa shape index (κ2) is 27.9. The number of rotatable bonds is 25. The van der Waals surface area contributed by atoms with E-state index in [1.165, 1.54) is 96.8 Å². The number of esters is 1. The first kappa shape index (κ1) is 37.3. The average Bonchev–Trinajstić information content (AvgIpc) is 2.90. The van der Waals surface area contributed by atoms with Crippen molar-refractivity contribution in [2.24, 2.45) is 0 Å². The van der Waals surface area contributed by atoms with Gasteiger partial charge in [-0.25, -0.2) is 9.36 Å². The summed E-state index contributed by atoms with van der Waals surface area (Å²) in [4.78, 5) is 23.3. The SMILES string of the molecule is CCCCCCCCCCCCCCCCCCOCC[C@@H](OC(C)=O)OC(=O)OCC[n+]1ccccc1.[Br-]. The van der Waals surface area contributed by atoms with Gasteiger partial charge in [0.25, 0.3) is 6.29 Å². The van der Waals surface area contributed by atoms with Gasteiger partial charge in [-0.1, -0.05) is 109 Å². The van der Waals surface area contributed by atoms with Crippen LogP contribution in [0.3, 0.4) is 0 Å². The summed E-state index contributed by atoms with van der Waals surface area (Å²) in [6, 6.07) is 5.71. The maximum atomic E-state index is 11.9. The van der Waals surface area contributed by atoms with E-state index in [2.05, 4.69) is 6.92 Å². The molecule has 7 nitrogen and oxygen atoms in total. The Labute approximate surface area is 248 Å². The highest BCUT2D eigenvalue weighted by Gasteiger charge is 2.19. The Balaban J connectivity index is 0.0000144. The highest BCUT2D eigenvalue weighted by atomic mass is 79.9. The molecule has 1 aromatic rings. The fourth-order valence-electron chi connectivity index (χ4n) is 4.32. The zero-order valence-electron chi connectivity index (χ0n) is 24.6. The van der Waals surface area contributed by atoms with Crippen LogP contribution >= 0.6 is 0 Å². The molecule has 8 heteroatoms. The standard InChI is InChI=1S/C31H54NO6.BrH/c1-3-4-5-6-7-8-9-10-11-12-13-14-15-16-17-21-26-35-27-22-30(37-29(2)33)38-31(34)36-28-25-32-23-19-18-20-24-32;/h18-20,23-24,30H,3-17,21-22,25-28H2,1-2H3;1H/q+1;/p-1/t30-;/m0./s1. The molecular formula is C31H54BrNO6. The molecule has 0 aliphatic heterocycles. The zero-order valence-corrected chi connectivity index (χ0v) is 26.2. The molecule has 0 aliphatic rings. The van der Waals surface area contributed by atoms with E-state index in [4.69, 9.17) is 18.9 Å². The summed E-state index contributed by atoms with van der Waals surface area (Å²) in [6.07, 6.45) is 23.6. The maximum absolute atomic E-state index is 11.9. The van der Waals surface area contributed by atoms with Gasteiger partial charge < -0.3 is 35.9 Å². The minimum Gasteiger partial charge on any atom is -1.00 e. The summed E-state index contributed by atoms with van der Waals surface area (Å²) in [5, 5.41) is 0. The lowest BCUT2D eigenvalue weighted by atomic mass is 10.0. The molecule has 0 aromatic carbocycles. The number of aromatic nitrogens is 1. The summed E-state index contributed by atoms with van der Waals surface area (Å²) in [5.74, 6) is -0.513. The van der Waals surface area contributed by atoms with Crippen LogP contribution in [0, 0.1) is 0 Å². The van der Waals surface area contributed by atoms with Crippen molar-refractivity contribution in [3.8, 4) is 0 Å². The molecule has 1 rings (SSSR count). The summed E-state index contributed by atoms with van der Waals surface area (Å²) in [5.41, 5.74) is 0. The van der Waals surface area contributed by atoms with Crippen molar-refractivity contribution >= 4 is 12.1 Å². The van der Waals surface area contributed by atoms with Gasteiger partial charge in [0.05, 0.1) is 6.61 Å². The predicted octanol–water partition coefficient (Wildman–Crippen LogP) is 4.69. The van der Waals surface area contributed by atoms with E-state index in [1.54, 1.807) is 0 Å². The Kier molecular flexibility index (Phi) is 26.7. The minimum absolute atomic E-state index is 0. The van der Waals surface area contributed by atoms with Gasteiger partial charge in [0, 0.05) is 32.1 Å². The van der Waals surface area contributed by atoms with E-state index in [9.17, 15) is 9.59 Å². The Bertz CT molecular complexity index is 691. The van der Waals surface area contributed by atoms with Crippen molar-refractivity contribution in [3.63, 3.8) is 0 Å². The summed E-state index contributed by atoms with van der Waals surface area (Å²) >= 11 is 0. The number of unbranched alkanes of at least 4 members (excludes halogenated alkanes) is 15. The maximum Gasteiger partial charge on any atom is 0.511 e. The predicted molar refractivity (Wildman–Crippen MR) is 150 cm³/mol. The topological polar surface area (TPSA) is 74.9 Å². The van der Waals surface area contributed by atoms with E-state index in [1.807, 2.05) is 35.2 Å². The third kappa shape index (κ3) is 25.1. The van der Waals surface area contributed by atoms with Crippen molar-refractivity contribution in [2.75, 3.05) is 19.8 Å². The lowest BCUT2D eigenvalue weighted by Gasteiger charge is -2.17. The lowest BCUT2D eigenvalue weighted by molar-refractivity contribution is -0.698. The van der Waals surface area contributed by atoms with Crippen LogP contribution in [0.2, 0.25) is 0 Å². The highest BCUT2D eigenvalue weighted by molar-refractivity contribution is 5.66. The summed E-state index contributed by atoms with van der Waals surface area (Å²) in [7, 11) is 0. The van der Waals surface area contributed by atoms with Crippen LogP contribution in [0.15, 0.2) is 30.6 Å². The molecule has 39 heavy (non-hydrogen) atoms. The summed E-state index contributed by atoms with van der Waals surface area (Å²) in [6.45, 7) is 5.24. The molecule has 0 aliphatic carbocycles. The number of pyridine rings is 1. The number of carbonyl (C=O) groups is 2. The fraction of sp³-hybridized carbons (Fsp3) is 0.774. The van der Waals surface area contributed by atoms with Gasteiger partial charge in [0.15, 0.2) is 25.5 Å². The molecule has 0 fully saturated rings. The van der Waals surface area contributed by atoms with E-state index in [0.717, 1.165) is 12.8 Å². The van der Waals surface area contributed by atoms with Gasteiger partial charge in [-0.2, -0.15) is 0 Å². The van der Waals surface area contributed by atoms with Crippen LogP contribution in [0.1, 0.15) is 123 Å². The number of halogens is 1. The number of hydrogen-bond donors (Lipinski definition) is 0. The molecular weight excluding hydrogens is 562 g/mol. The van der Waals surface area contributed by atoms with Crippen molar-refractivity contribution < 1.29 is 50.1 Å². The number of ether oxygens (including phenoxy) is 4. The third-order valence-electron chi connectivity index (χ3n) is 6.51. The average molecular weight is 617 g/mol. The van der Waals surface area contributed by atoms with Gasteiger partial charge in [-0.15, -0.1) is 0 Å². The Morgan fingerprint density at radius 1 is 0.667 bits per heavy atom. The first-order valence-electron chi connectivity index (χ1n) is 15.1. The Morgan fingerprint density at radius 3 is 1.69 bits per heavy atom. The first-order chi connectivity index (χ1) is 18.6. The molecule has 1 aromatic heterocycles. The highest BCUT2D eigenvalue weighted by Crippen LogP contribution is 2.14. The van der Waals surface area contributed by atoms with Gasteiger partial charge in [-0.05, 0) is 6.42 Å². The van der Waals surface area contributed by atoms with E-state index >= 15 is 0 Å². The van der Waals surface area contributed by atoms with E-state index in [0.29, 0.717) is 19.8 Å². The first-order valence-corrected chi connectivity index (χ1v) is 15.1. The molecule has 0 N–H and O–H groups in total. The monoisotopic (exact) mass is 615 g/mol. The molecule has 0 amide bonds. The molecule has 0 radical (unpaired) electrons.